The number of Topliss-reactive ketones (excluding diaryl/α,β-unsaturated/α-hetero) is 1. The van der Waals surface area contributed by atoms with E-state index < -0.39 is 17.7 Å². The number of amides is 1. The predicted molar refractivity (Wildman–Crippen MR) is 115 cm³/mol. The van der Waals surface area contributed by atoms with E-state index in [2.05, 4.69) is 0 Å². The summed E-state index contributed by atoms with van der Waals surface area (Å²) in [4.78, 5) is 27.7. The van der Waals surface area contributed by atoms with E-state index >= 15 is 0 Å². The van der Waals surface area contributed by atoms with E-state index in [1.54, 1.807) is 12.1 Å². The monoisotopic (exact) mass is 401 g/mol. The molecule has 4 rings (SSSR count). The van der Waals surface area contributed by atoms with Gasteiger partial charge in [-0.25, -0.2) is 0 Å². The summed E-state index contributed by atoms with van der Waals surface area (Å²) in [6, 6.07) is 13.9. The highest BCUT2D eigenvalue weighted by molar-refractivity contribution is 6.51. The second kappa shape index (κ2) is 7.34. The fourth-order valence-corrected chi connectivity index (χ4v) is 3.91. The van der Waals surface area contributed by atoms with Crippen molar-refractivity contribution >= 4 is 23.1 Å². The number of ketones is 1. The molecule has 1 saturated heterocycles. The number of rotatable bonds is 3. The van der Waals surface area contributed by atoms with Crippen LogP contribution in [0, 0.1) is 27.7 Å². The van der Waals surface area contributed by atoms with Crippen LogP contribution in [0.5, 0.6) is 0 Å². The molecular formula is C25H23NO4. The average Bonchev–Trinajstić information content (AvgIpc) is 3.33. The number of carbonyl (C=O) groups excluding carboxylic acids is 2. The van der Waals surface area contributed by atoms with E-state index in [0.717, 1.165) is 22.3 Å². The number of aryl methyl sites for hydroxylation is 4. The third kappa shape index (κ3) is 3.12. The van der Waals surface area contributed by atoms with E-state index in [0.29, 0.717) is 17.0 Å². The molecule has 1 unspecified atom stereocenters. The summed E-state index contributed by atoms with van der Waals surface area (Å²) in [5.41, 5.74) is 4.76. The van der Waals surface area contributed by atoms with Crippen molar-refractivity contribution in [2.45, 2.75) is 33.7 Å². The van der Waals surface area contributed by atoms with Gasteiger partial charge >= 0.3 is 0 Å². The van der Waals surface area contributed by atoms with Crippen LogP contribution in [0.15, 0.2) is 64.8 Å². The van der Waals surface area contributed by atoms with E-state index in [1.807, 2.05) is 64.1 Å². The molecule has 0 saturated carbocycles. The minimum atomic E-state index is -0.847. The van der Waals surface area contributed by atoms with Gasteiger partial charge in [0.2, 0.25) is 0 Å². The van der Waals surface area contributed by atoms with E-state index in [4.69, 9.17) is 4.42 Å². The normalized spacial score (nSPS) is 18.3. The summed E-state index contributed by atoms with van der Waals surface area (Å²) in [7, 11) is 0. The molecule has 30 heavy (non-hydrogen) atoms. The average molecular weight is 401 g/mol. The molecule has 1 amide bonds. The van der Waals surface area contributed by atoms with Crippen molar-refractivity contribution < 1.29 is 19.1 Å². The van der Waals surface area contributed by atoms with Crippen LogP contribution < -0.4 is 4.90 Å². The van der Waals surface area contributed by atoms with Gasteiger partial charge in [-0.1, -0.05) is 29.8 Å². The molecule has 1 aromatic heterocycles. The van der Waals surface area contributed by atoms with Gasteiger partial charge in [0.15, 0.2) is 0 Å². The summed E-state index contributed by atoms with van der Waals surface area (Å²) in [5, 5.41) is 11.2. The van der Waals surface area contributed by atoms with Gasteiger partial charge in [0.25, 0.3) is 11.7 Å². The Kier molecular flexibility index (Phi) is 4.82. The van der Waals surface area contributed by atoms with E-state index in [9.17, 15) is 14.7 Å². The van der Waals surface area contributed by atoms with E-state index in [1.165, 1.54) is 11.2 Å². The van der Waals surface area contributed by atoms with Crippen molar-refractivity contribution in [3.8, 4) is 0 Å². The van der Waals surface area contributed by atoms with E-state index in [-0.39, 0.29) is 11.3 Å². The molecule has 1 atom stereocenters. The summed E-state index contributed by atoms with van der Waals surface area (Å²) in [6.45, 7) is 7.58. The van der Waals surface area contributed by atoms with Crippen LogP contribution in [-0.4, -0.2) is 16.8 Å². The van der Waals surface area contributed by atoms with Crippen LogP contribution in [0.2, 0.25) is 0 Å². The number of anilines is 1. The van der Waals surface area contributed by atoms with Gasteiger partial charge in [-0.2, -0.15) is 0 Å². The fraction of sp³-hybridized carbons (Fsp3) is 0.200. The molecule has 3 aromatic rings. The summed E-state index contributed by atoms with van der Waals surface area (Å²) in [6.07, 6.45) is 1.50. The molecule has 152 valence electrons. The van der Waals surface area contributed by atoms with Crippen LogP contribution in [0.4, 0.5) is 5.69 Å². The van der Waals surface area contributed by atoms with Gasteiger partial charge in [0, 0.05) is 11.3 Å². The molecular weight excluding hydrogens is 378 g/mol. The van der Waals surface area contributed by atoms with Crippen molar-refractivity contribution in [2.75, 3.05) is 4.90 Å². The number of nitrogens with zero attached hydrogens (tertiary/aromatic N) is 1. The Labute approximate surface area is 175 Å². The highest BCUT2D eigenvalue weighted by atomic mass is 16.3. The van der Waals surface area contributed by atoms with Crippen molar-refractivity contribution in [2.24, 2.45) is 0 Å². The van der Waals surface area contributed by atoms with Gasteiger partial charge in [-0.3, -0.25) is 14.5 Å². The fourth-order valence-electron chi connectivity index (χ4n) is 3.91. The molecule has 1 fully saturated rings. The first-order valence-corrected chi connectivity index (χ1v) is 9.79. The second-order valence-corrected chi connectivity index (χ2v) is 7.79. The zero-order valence-electron chi connectivity index (χ0n) is 17.4. The third-order valence-corrected chi connectivity index (χ3v) is 5.53. The van der Waals surface area contributed by atoms with Gasteiger partial charge in [-0.15, -0.1) is 0 Å². The maximum absolute atomic E-state index is 13.2. The standard InChI is InChI=1S/C25H23NO4/c1-14-7-9-16(3)18(12-14)23(27)21-22(20-6-5-11-30-20)26(25(29)24(21)28)19-13-15(2)8-10-17(19)4/h5-13,22,27H,1-4H3/b23-21-. The molecule has 0 radical (unpaired) electrons. The Morgan fingerprint density at radius 2 is 1.60 bits per heavy atom. The number of benzene rings is 2. The lowest BCUT2D eigenvalue weighted by molar-refractivity contribution is -0.132. The maximum Gasteiger partial charge on any atom is 0.300 e. The first-order valence-electron chi connectivity index (χ1n) is 9.79. The minimum absolute atomic E-state index is 0.0320. The maximum atomic E-state index is 13.2. The summed E-state index contributed by atoms with van der Waals surface area (Å²) >= 11 is 0. The molecule has 0 aliphatic carbocycles. The van der Waals surface area contributed by atoms with Crippen molar-refractivity contribution in [3.63, 3.8) is 0 Å². The molecule has 1 aliphatic heterocycles. The van der Waals surface area contributed by atoms with Crippen LogP contribution in [-0.2, 0) is 9.59 Å². The van der Waals surface area contributed by atoms with Gasteiger partial charge in [-0.05, 0) is 68.7 Å². The first kappa shape index (κ1) is 19.7. The smallest absolute Gasteiger partial charge is 0.300 e. The quantitative estimate of drug-likeness (QED) is 0.375. The number of hydrogen-bond acceptors (Lipinski definition) is 4. The zero-order chi connectivity index (χ0) is 21.6. The molecule has 2 aromatic carbocycles. The minimum Gasteiger partial charge on any atom is -0.507 e. The Hall–Kier alpha value is -3.60. The number of hydrogen-bond donors (Lipinski definition) is 1. The molecule has 0 spiro atoms. The predicted octanol–water partition coefficient (Wildman–Crippen LogP) is 5.14. The van der Waals surface area contributed by atoms with Crippen molar-refractivity contribution in [1.29, 1.82) is 0 Å². The number of aliphatic hydroxyl groups excluding tert-OH is 1. The number of furan rings is 1. The summed E-state index contributed by atoms with van der Waals surface area (Å²) < 4.78 is 5.61. The second-order valence-electron chi connectivity index (χ2n) is 7.79. The number of carbonyl (C=O) groups is 2. The molecule has 5 nitrogen and oxygen atoms in total. The van der Waals surface area contributed by atoms with Gasteiger partial charge < -0.3 is 9.52 Å². The van der Waals surface area contributed by atoms with Crippen LogP contribution in [0.1, 0.15) is 39.6 Å². The Bertz CT molecular complexity index is 1190. The third-order valence-electron chi connectivity index (χ3n) is 5.53. The highest BCUT2D eigenvalue weighted by Gasteiger charge is 2.48. The molecule has 0 bridgehead atoms. The highest BCUT2D eigenvalue weighted by Crippen LogP contribution is 2.43. The van der Waals surface area contributed by atoms with Gasteiger partial charge in [0.1, 0.15) is 17.6 Å². The first-order chi connectivity index (χ1) is 14.3. The van der Waals surface area contributed by atoms with Crippen molar-refractivity contribution in [1.82, 2.24) is 0 Å². The molecule has 1 aliphatic rings. The largest absolute Gasteiger partial charge is 0.507 e. The van der Waals surface area contributed by atoms with Crippen LogP contribution in [0.3, 0.4) is 0 Å². The lowest BCUT2D eigenvalue weighted by Crippen LogP contribution is -2.30. The Morgan fingerprint density at radius 3 is 2.27 bits per heavy atom. The Morgan fingerprint density at radius 1 is 0.933 bits per heavy atom. The van der Waals surface area contributed by atoms with Crippen LogP contribution >= 0.6 is 0 Å². The summed E-state index contributed by atoms with van der Waals surface area (Å²) in [5.74, 6) is -1.18. The SMILES string of the molecule is Cc1ccc(C)c(/C(O)=C2/C(=O)C(=O)N(c3cc(C)ccc3C)C2c2ccco2)c1. The molecule has 2 heterocycles. The molecule has 5 heteroatoms. The molecule has 1 N–H and O–H groups in total. The van der Waals surface area contributed by atoms with Crippen LogP contribution in [0.25, 0.3) is 5.76 Å². The lowest BCUT2D eigenvalue weighted by Gasteiger charge is -2.25. The van der Waals surface area contributed by atoms with Crippen molar-refractivity contribution in [3.05, 3.63) is 93.9 Å². The Balaban J connectivity index is 1.99. The lowest BCUT2D eigenvalue weighted by atomic mass is 9.95. The topological polar surface area (TPSA) is 70.8 Å². The number of aliphatic hydroxyl groups is 1. The van der Waals surface area contributed by atoms with Gasteiger partial charge in [0.05, 0.1) is 11.8 Å². The zero-order valence-corrected chi connectivity index (χ0v) is 17.4.